The first kappa shape index (κ1) is 15.0. The maximum Gasteiger partial charge on any atom is 0.223 e. The minimum absolute atomic E-state index is 0.0644. The molecule has 2 fully saturated rings. The number of carbonyl (C=O) groups excluding carboxylic acids is 2. The molecule has 3 rings (SSSR count). The van der Waals surface area contributed by atoms with Crippen molar-refractivity contribution in [1.29, 1.82) is 0 Å². The van der Waals surface area contributed by atoms with Crippen LogP contribution in [0.2, 0.25) is 0 Å². The van der Waals surface area contributed by atoms with Crippen LogP contribution in [-0.2, 0) is 16.1 Å². The van der Waals surface area contributed by atoms with Crippen LogP contribution in [0.4, 0.5) is 0 Å². The molecule has 120 valence electrons. The summed E-state index contributed by atoms with van der Waals surface area (Å²) in [4.78, 5) is 31.7. The van der Waals surface area contributed by atoms with Crippen LogP contribution in [0, 0.1) is 12.8 Å². The molecular formula is C15H22N4O3. The number of amides is 2. The van der Waals surface area contributed by atoms with Crippen molar-refractivity contribution in [2.45, 2.75) is 38.8 Å². The Morgan fingerprint density at radius 1 is 1.45 bits per heavy atom. The number of oxazole rings is 1. The molecular weight excluding hydrogens is 284 g/mol. The Morgan fingerprint density at radius 2 is 2.18 bits per heavy atom. The summed E-state index contributed by atoms with van der Waals surface area (Å²) < 4.78 is 5.22. The average Bonchev–Trinajstić information content (AvgIpc) is 3.07. The zero-order valence-corrected chi connectivity index (χ0v) is 12.8. The van der Waals surface area contributed by atoms with Gasteiger partial charge >= 0.3 is 0 Å². The number of nitrogens with zero attached hydrogens (tertiary/aromatic N) is 3. The minimum atomic E-state index is -0.366. The molecule has 1 atom stereocenters. The van der Waals surface area contributed by atoms with E-state index in [9.17, 15) is 9.59 Å². The van der Waals surface area contributed by atoms with E-state index in [1.54, 1.807) is 0 Å². The summed E-state index contributed by atoms with van der Waals surface area (Å²) in [6, 6.07) is 0.228. The lowest BCUT2D eigenvalue weighted by atomic mass is 10.0. The third-order valence-electron chi connectivity index (χ3n) is 4.78. The molecule has 22 heavy (non-hydrogen) atoms. The van der Waals surface area contributed by atoms with Crippen molar-refractivity contribution in [3.63, 3.8) is 0 Å². The molecule has 0 saturated carbocycles. The van der Waals surface area contributed by atoms with E-state index in [1.807, 2.05) is 11.8 Å². The number of carbonyl (C=O) groups is 2. The first-order valence-corrected chi connectivity index (χ1v) is 7.74. The lowest BCUT2D eigenvalue weighted by Gasteiger charge is -2.36. The van der Waals surface area contributed by atoms with Gasteiger partial charge in [-0.2, -0.15) is 0 Å². The fraction of sp³-hybridized carbons (Fsp3) is 0.667. The van der Waals surface area contributed by atoms with Crippen molar-refractivity contribution in [2.24, 2.45) is 11.7 Å². The summed E-state index contributed by atoms with van der Waals surface area (Å²) in [5.74, 6) is 0.244. The molecule has 2 amide bonds. The summed E-state index contributed by atoms with van der Waals surface area (Å²) in [5.41, 5.74) is 6.30. The topological polar surface area (TPSA) is 92.7 Å². The van der Waals surface area contributed by atoms with E-state index in [4.69, 9.17) is 10.2 Å². The number of nitrogens with two attached hydrogens (primary N) is 1. The SMILES string of the molecule is Cc1ocnc1CN1CCC(N2CC(C(N)=O)CC2=O)CC1. The Kier molecular flexibility index (Phi) is 4.15. The Morgan fingerprint density at radius 3 is 2.73 bits per heavy atom. The Balaban J connectivity index is 1.53. The normalized spacial score (nSPS) is 24.1. The fourth-order valence-corrected chi connectivity index (χ4v) is 3.36. The molecule has 0 bridgehead atoms. The van der Waals surface area contributed by atoms with Crippen LogP contribution in [0.5, 0.6) is 0 Å². The highest BCUT2D eigenvalue weighted by Crippen LogP contribution is 2.26. The van der Waals surface area contributed by atoms with Gasteiger partial charge in [-0.05, 0) is 19.8 Å². The summed E-state index contributed by atoms with van der Waals surface area (Å²) in [7, 11) is 0. The van der Waals surface area contributed by atoms with Gasteiger partial charge in [-0.25, -0.2) is 4.98 Å². The number of aryl methyl sites for hydroxylation is 1. The molecule has 7 heteroatoms. The third-order valence-corrected chi connectivity index (χ3v) is 4.78. The first-order valence-electron chi connectivity index (χ1n) is 7.74. The Bertz CT molecular complexity index is 563. The Labute approximate surface area is 129 Å². The van der Waals surface area contributed by atoms with Crippen LogP contribution in [0.15, 0.2) is 10.8 Å². The van der Waals surface area contributed by atoms with Gasteiger partial charge in [0.15, 0.2) is 6.39 Å². The monoisotopic (exact) mass is 306 g/mol. The molecule has 2 aliphatic rings. The van der Waals surface area contributed by atoms with Crippen LogP contribution >= 0.6 is 0 Å². The second-order valence-corrected chi connectivity index (χ2v) is 6.21. The highest BCUT2D eigenvalue weighted by atomic mass is 16.3. The summed E-state index contributed by atoms with van der Waals surface area (Å²) >= 11 is 0. The number of aromatic nitrogens is 1. The molecule has 0 aliphatic carbocycles. The number of primary amides is 1. The zero-order valence-electron chi connectivity index (χ0n) is 12.8. The molecule has 1 aromatic rings. The predicted molar refractivity (Wildman–Crippen MR) is 78.6 cm³/mol. The largest absolute Gasteiger partial charge is 0.448 e. The van der Waals surface area contributed by atoms with E-state index in [-0.39, 0.29) is 30.2 Å². The van der Waals surface area contributed by atoms with E-state index in [2.05, 4.69) is 9.88 Å². The quantitative estimate of drug-likeness (QED) is 0.862. The van der Waals surface area contributed by atoms with Gasteiger partial charge < -0.3 is 15.1 Å². The van der Waals surface area contributed by atoms with Gasteiger partial charge in [0.25, 0.3) is 0 Å². The van der Waals surface area contributed by atoms with Crippen molar-refractivity contribution < 1.29 is 14.0 Å². The third kappa shape index (κ3) is 2.99. The maximum absolute atomic E-state index is 12.1. The van der Waals surface area contributed by atoms with Gasteiger partial charge in [0.2, 0.25) is 11.8 Å². The van der Waals surface area contributed by atoms with Gasteiger partial charge in [0.05, 0.1) is 11.6 Å². The highest BCUT2D eigenvalue weighted by Gasteiger charge is 2.38. The van der Waals surface area contributed by atoms with Crippen molar-refractivity contribution in [3.8, 4) is 0 Å². The number of hydrogen-bond acceptors (Lipinski definition) is 5. The second-order valence-electron chi connectivity index (χ2n) is 6.21. The van der Waals surface area contributed by atoms with E-state index in [0.29, 0.717) is 6.54 Å². The van der Waals surface area contributed by atoms with Crippen molar-refractivity contribution in [2.75, 3.05) is 19.6 Å². The van der Waals surface area contributed by atoms with Gasteiger partial charge in [-0.15, -0.1) is 0 Å². The molecule has 3 heterocycles. The summed E-state index contributed by atoms with van der Waals surface area (Å²) in [5, 5.41) is 0. The van der Waals surface area contributed by atoms with Crippen LogP contribution in [-0.4, -0.2) is 52.3 Å². The van der Waals surface area contributed by atoms with Crippen molar-refractivity contribution in [3.05, 3.63) is 17.8 Å². The van der Waals surface area contributed by atoms with Crippen molar-refractivity contribution in [1.82, 2.24) is 14.8 Å². The highest BCUT2D eigenvalue weighted by molar-refractivity contribution is 5.88. The van der Waals surface area contributed by atoms with E-state index in [1.165, 1.54) is 6.39 Å². The van der Waals surface area contributed by atoms with Crippen LogP contribution in [0.3, 0.4) is 0 Å². The van der Waals surface area contributed by atoms with Crippen LogP contribution in [0.25, 0.3) is 0 Å². The minimum Gasteiger partial charge on any atom is -0.448 e. The molecule has 0 spiro atoms. The van der Waals surface area contributed by atoms with Crippen LogP contribution < -0.4 is 5.73 Å². The number of likely N-dealkylation sites (tertiary alicyclic amines) is 2. The molecule has 2 aliphatic heterocycles. The number of rotatable bonds is 4. The van der Waals surface area contributed by atoms with Gasteiger partial charge in [-0.1, -0.05) is 0 Å². The van der Waals surface area contributed by atoms with E-state index in [0.717, 1.165) is 43.9 Å². The molecule has 1 aromatic heterocycles. The second kappa shape index (κ2) is 6.08. The van der Waals surface area contributed by atoms with E-state index < -0.39 is 0 Å². The molecule has 0 aromatic carbocycles. The number of hydrogen-bond donors (Lipinski definition) is 1. The molecule has 2 saturated heterocycles. The lowest BCUT2D eigenvalue weighted by Crippen LogP contribution is -2.45. The van der Waals surface area contributed by atoms with Crippen molar-refractivity contribution >= 4 is 11.8 Å². The predicted octanol–water partition coefficient (Wildman–Crippen LogP) is 0.281. The van der Waals surface area contributed by atoms with E-state index >= 15 is 0 Å². The molecule has 1 unspecified atom stereocenters. The average molecular weight is 306 g/mol. The molecule has 0 radical (unpaired) electrons. The summed E-state index contributed by atoms with van der Waals surface area (Å²) in [6.07, 6.45) is 3.60. The smallest absolute Gasteiger partial charge is 0.223 e. The van der Waals surface area contributed by atoms with Crippen LogP contribution in [0.1, 0.15) is 30.7 Å². The molecule has 2 N–H and O–H groups in total. The Hall–Kier alpha value is -1.89. The number of piperidine rings is 1. The zero-order chi connectivity index (χ0) is 15.7. The first-order chi connectivity index (χ1) is 10.5. The fourth-order valence-electron chi connectivity index (χ4n) is 3.36. The van der Waals surface area contributed by atoms with Gasteiger partial charge in [0, 0.05) is 38.6 Å². The lowest BCUT2D eigenvalue weighted by molar-refractivity contribution is -0.130. The van der Waals surface area contributed by atoms with Gasteiger partial charge in [-0.3, -0.25) is 14.5 Å². The standard InChI is InChI=1S/C15H22N4O3/c1-10-13(17-9-22-10)8-18-4-2-12(3-5-18)19-7-11(15(16)21)6-14(19)20/h9,11-12H,2-8H2,1H3,(H2,16,21). The van der Waals surface area contributed by atoms with Gasteiger partial charge in [0.1, 0.15) is 5.76 Å². The summed E-state index contributed by atoms with van der Waals surface area (Å²) in [6.45, 7) is 5.03. The molecule has 7 nitrogen and oxygen atoms in total. The maximum atomic E-state index is 12.1.